The second-order valence-corrected chi connectivity index (χ2v) is 7.14. The summed E-state index contributed by atoms with van der Waals surface area (Å²) in [5.74, 6) is -0.303. The summed E-state index contributed by atoms with van der Waals surface area (Å²) < 4.78 is 8.49. The van der Waals surface area contributed by atoms with Crippen LogP contribution in [-0.4, -0.2) is 17.6 Å². The number of hydrogen-bond acceptors (Lipinski definition) is 5. The molecule has 0 aliphatic heterocycles. The van der Waals surface area contributed by atoms with Gasteiger partial charge in [0.25, 0.3) is 0 Å². The molecule has 140 valence electrons. The molecule has 5 nitrogen and oxygen atoms in total. The van der Waals surface area contributed by atoms with E-state index in [2.05, 4.69) is 22.2 Å². The molecule has 0 saturated carbocycles. The number of halogens is 1. The van der Waals surface area contributed by atoms with Crippen molar-refractivity contribution in [2.24, 2.45) is 0 Å². The predicted octanol–water partition coefficient (Wildman–Crippen LogP) is 5.08. The molecule has 0 atom stereocenters. The van der Waals surface area contributed by atoms with Crippen molar-refractivity contribution in [2.45, 2.75) is 17.9 Å². The Bertz CT molecular complexity index is 886. The van der Waals surface area contributed by atoms with Crippen LogP contribution in [0.3, 0.4) is 0 Å². The first kappa shape index (κ1) is 19.4. The van der Waals surface area contributed by atoms with E-state index >= 15 is 0 Å². The summed E-state index contributed by atoms with van der Waals surface area (Å²) in [6.07, 6.45) is 2.45. The Hall–Kier alpha value is -2.41. The minimum Gasteiger partial charge on any atom is -0.478 e. The minimum atomic E-state index is -1.01. The summed E-state index contributed by atoms with van der Waals surface area (Å²) in [5, 5.41) is 13.1. The Morgan fingerprint density at radius 2 is 1.96 bits per heavy atom. The minimum absolute atomic E-state index is 0.165. The van der Waals surface area contributed by atoms with Crippen LogP contribution in [0.4, 0.5) is 5.69 Å². The van der Waals surface area contributed by atoms with Crippen LogP contribution in [0.25, 0.3) is 0 Å². The molecular formula is C20H19ClN2O3S. The highest BCUT2D eigenvalue weighted by atomic mass is 35.5. The largest absolute Gasteiger partial charge is 0.478 e. The second kappa shape index (κ2) is 9.50. The zero-order chi connectivity index (χ0) is 19.1. The molecule has 0 unspecified atom stereocenters. The van der Waals surface area contributed by atoms with E-state index in [9.17, 15) is 9.90 Å². The number of benzene rings is 2. The molecular weight excluding hydrogens is 384 g/mol. The van der Waals surface area contributed by atoms with E-state index in [1.54, 1.807) is 24.5 Å². The maximum atomic E-state index is 11.6. The van der Waals surface area contributed by atoms with E-state index in [-0.39, 0.29) is 5.56 Å². The van der Waals surface area contributed by atoms with Gasteiger partial charge in [0.05, 0.1) is 29.1 Å². The van der Waals surface area contributed by atoms with Crippen molar-refractivity contribution in [1.82, 2.24) is 4.72 Å². The monoisotopic (exact) mass is 402 g/mol. The Labute approximate surface area is 166 Å². The number of aromatic carboxylic acids is 1. The highest BCUT2D eigenvalue weighted by Crippen LogP contribution is 2.31. The van der Waals surface area contributed by atoms with Crippen LogP contribution in [0, 0.1) is 0 Å². The molecule has 0 aliphatic carbocycles. The summed E-state index contributed by atoms with van der Waals surface area (Å²) >= 11 is 7.68. The molecule has 0 fully saturated rings. The lowest BCUT2D eigenvalue weighted by Crippen LogP contribution is -2.10. The first-order valence-corrected chi connectivity index (χ1v) is 9.59. The van der Waals surface area contributed by atoms with Crippen molar-refractivity contribution in [3.05, 3.63) is 82.8 Å². The molecule has 0 aliphatic rings. The van der Waals surface area contributed by atoms with Crippen molar-refractivity contribution in [3.8, 4) is 0 Å². The molecule has 0 radical (unpaired) electrons. The summed E-state index contributed by atoms with van der Waals surface area (Å²) in [6.45, 7) is 1.12. The quantitative estimate of drug-likeness (QED) is 0.342. The fraction of sp³-hybridized carbons (Fsp3) is 0.150. The number of carboxylic acid groups (broad SMARTS) is 1. The highest BCUT2D eigenvalue weighted by Gasteiger charge is 2.15. The fourth-order valence-electron chi connectivity index (χ4n) is 2.52. The smallest absolute Gasteiger partial charge is 0.337 e. The van der Waals surface area contributed by atoms with Crippen LogP contribution in [0.2, 0.25) is 5.02 Å². The molecule has 2 aromatic carbocycles. The fourth-order valence-corrected chi connectivity index (χ4v) is 3.49. The van der Waals surface area contributed by atoms with E-state index in [1.807, 2.05) is 24.3 Å². The van der Waals surface area contributed by atoms with Gasteiger partial charge in [-0.2, -0.15) is 0 Å². The van der Waals surface area contributed by atoms with Gasteiger partial charge in [-0.1, -0.05) is 41.9 Å². The Kier molecular flexibility index (Phi) is 6.81. The molecule has 27 heavy (non-hydrogen) atoms. The van der Waals surface area contributed by atoms with Crippen molar-refractivity contribution >= 4 is 35.2 Å². The SMILES string of the molecule is O=C(O)c1cc(SNCCc2ccccc2)c(Cl)cc1NCc1ccco1. The van der Waals surface area contributed by atoms with Crippen molar-refractivity contribution in [3.63, 3.8) is 0 Å². The summed E-state index contributed by atoms with van der Waals surface area (Å²) in [7, 11) is 0. The van der Waals surface area contributed by atoms with Crippen LogP contribution < -0.4 is 10.0 Å². The number of hydrogen-bond donors (Lipinski definition) is 3. The van der Waals surface area contributed by atoms with Crippen molar-refractivity contribution < 1.29 is 14.3 Å². The average molecular weight is 403 g/mol. The number of carboxylic acids is 1. The van der Waals surface area contributed by atoms with Crippen LogP contribution in [0.5, 0.6) is 0 Å². The van der Waals surface area contributed by atoms with Gasteiger partial charge in [-0.05, 0) is 48.2 Å². The Balaban J connectivity index is 1.63. The third kappa shape index (κ3) is 5.53. The van der Waals surface area contributed by atoms with Gasteiger partial charge in [0.1, 0.15) is 5.76 Å². The molecule has 0 saturated heterocycles. The topological polar surface area (TPSA) is 74.5 Å². The number of furan rings is 1. The van der Waals surface area contributed by atoms with Gasteiger partial charge in [0, 0.05) is 11.4 Å². The van der Waals surface area contributed by atoms with Gasteiger partial charge >= 0.3 is 5.97 Å². The lowest BCUT2D eigenvalue weighted by Gasteiger charge is -2.13. The molecule has 0 bridgehead atoms. The average Bonchev–Trinajstić information content (AvgIpc) is 3.19. The van der Waals surface area contributed by atoms with Crippen LogP contribution in [0.1, 0.15) is 21.7 Å². The Morgan fingerprint density at radius 3 is 2.67 bits per heavy atom. The molecule has 3 N–H and O–H groups in total. The lowest BCUT2D eigenvalue weighted by molar-refractivity contribution is 0.0697. The molecule has 1 aromatic heterocycles. The van der Waals surface area contributed by atoms with Gasteiger partial charge in [0.15, 0.2) is 0 Å². The highest BCUT2D eigenvalue weighted by molar-refractivity contribution is 7.97. The number of carbonyl (C=O) groups is 1. The van der Waals surface area contributed by atoms with Gasteiger partial charge < -0.3 is 14.8 Å². The van der Waals surface area contributed by atoms with E-state index in [1.165, 1.54) is 17.5 Å². The summed E-state index contributed by atoms with van der Waals surface area (Å²) in [5.41, 5.74) is 1.86. The third-order valence-corrected chi connectivity index (χ3v) is 5.21. The van der Waals surface area contributed by atoms with E-state index in [0.29, 0.717) is 27.9 Å². The molecule has 7 heteroatoms. The standard InChI is InChI=1S/C20H19ClN2O3S/c21-17-12-18(22-13-15-7-4-10-26-15)16(20(24)25)11-19(17)27-23-9-8-14-5-2-1-3-6-14/h1-7,10-12,22-23H,8-9,13H2,(H,24,25). The predicted molar refractivity (Wildman–Crippen MR) is 108 cm³/mol. The lowest BCUT2D eigenvalue weighted by atomic mass is 10.1. The number of anilines is 1. The molecule has 1 heterocycles. The zero-order valence-corrected chi connectivity index (χ0v) is 16.0. The maximum Gasteiger partial charge on any atom is 0.337 e. The van der Waals surface area contributed by atoms with Crippen LogP contribution in [0.15, 0.2) is 70.2 Å². The van der Waals surface area contributed by atoms with E-state index in [4.69, 9.17) is 16.0 Å². The molecule has 0 spiro atoms. The van der Waals surface area contributed by atoms with E-state index in [0.717, 1.165) is 13.0 Å². The normalized spacial score (nSPS) is 10.7. The first-order valence-electron chi connectivity index (χ1n) is 8.40. The van der Waals surface area contributed by atoms with Gasteiger partial charge in [-0.25, -0.2) is 4.79 Å². The van der Waals surface area contributed by atoms with Gasteiger partial charge in [-0.3, -0.25) is 4.72 Å². The summed E-state index contributed by atoms with van der Waals surface area (Å²) in [4.78, 5) is 12.3. The van der Waals surface area contributed by atoms with Crippen molar-refractivity contribution in [1.29, 1.82) is 0 Å². The van der Waals surface area contributed by atoms with Gasteiger partial charge in [-0.15, -0.1) is 0 Å². The third-order valence-electron chi connectivity index (χ3n) is 3.88. The van der Waals surface area contributed by atoms with Crippen molar-refractivity contribution in [2.75, 3.05) is 11.9 Å². The van der Waals surface area contributed by atoms with Crippen LogP contribution in [-0.2, 0) is 13.0 Å². The zero-order valence-electron chi connectivity index (χ0n) is 14.4. The second-order valence-electron chi connectivity index (χ2n) is 5.80. The van der Waals surface area contributed by atoms with Crippen LogP contribution >= 0.6 is 23.5 Å². The summed E-state index contributed by atoms with van der Waals surface area (Å²) in [6, 6.07) is 17.0. The molecule has 3 aromatic rings. The maximum absolute atomic E-state index is 11.6. The number of rotatable bonds is 9. The van der Waals surface area contributed by atoms with E-state index < -0.39 is 5.97 Å². The molecule has 3 rings (SSSR count). The molecule has 0 amide bonds. The number of nitrogens with one attached hydrogen (secondary N) is 2. The first-order chi connectivity index (χ1) is 13.1. The van der Waals surface area contributed by atoms with Gasteiger partial charge in [0.2, 0.25) is 0 Å². The Morgan fingerprint density at radius 1 is 1.15 bits per heavy atom.